The first-order chi connectivity index (χ1) is 7.65. The molecule has 0 saturated carbocycles. The molecule has 1 N–H and O–H groups in total. The number of hydroxylamine groups is 2. The number of hydrogen-bond donors (Lipinski definition) is 1. The van der Waals surface area contributed by atoms with Crippen molar-refractivity contribution in [2.24, 2.45) is 5.92 Å². The average Bonchev–Trinajstić information content (AvgIpc) is 2.26. The van der Waals surface area contributed by atoms with E-state index in [9.17, 15) is 5.21 Å². The van der Waals surface area contributed by atoms with E-state index in [0.29, 0.717) is 5.92 Å². The molecule has 0 aliphatic carbocycles. The smallest absolute Gasteiger partial charge is 0.168 e. The topological polar surface area (TPSA) is 20.2 Å². The molecule has 0 spiro atoms. The van der Waals surface area contributed by atoms with E-state index in [0.717, 1.165) is 38.0 Å². The maximum atomic E-state index is 10.8. The number of hydrogen-bond acceptors (Lipinski definition) is 1. The Labute approximate surface area is 98.1 Å². The van der Waals surface area contributed by atoms with Crippen molar-refractivity contribution in [1.82, 2.24) is 4.65 Å². The lowest BCUT2D eigenvalue weighted by molar-refractivity contribution is -0.0955. The minimum Gasteiger partial charge on any atom is -0.212 e. The van der Waals surface area contributed by atoms with Crippen LogP contribution >= 0.6 is 0 Å². The highest BCUT2D eigenvalue weighted by atomic mass is 16.5. The largest absolute Gasteiger partial charge is 0.212 e. The summed E-state index contributed by atoms with van der Waals surface area (Å²) in [5.74, 6) is 0.566. The third-order valence-corrected chi connectivity index (χ3v) is 3.50. The summed E-state index contributed by atoms with van der Waals surface area (Å²) >= 11 is 0. The van der Waals surface area contributed by atoms with Crippen molar-refractivity contribution in [1.29, 1.82) is 0 Å². The Hall–Kier alpha value is -0.860. The van der Waals surface area contributed by atoms with E-state index in [1.165, 1.54) is 5.56 Å². The SMILES string of the molecule is CCCC[N+]1(O)CC(C)Cc2ccccc21. The zero-order valence-electron chi connectivity index (χ0n) is 10.3. The van der Waals surface area contributed by atoms with Crippen LogP contribution in [-0.4, -0.2) is 18.3 Å². The predicted octanol–water partition coefficient (Wildman–Crippen LogP) is 3.38. The summed E-state index contributed by atoms with van der Waals surface area (Å²) in [5.41, 5.74) is 2.44. The molecule has 2 nitrogen and oxygen atoms in total. The van der Waals surface area contributed by atoms with Gasteiger partial charge in [-0.15, -0.1) is 0 Å². The van der Waals surface area contributed by atoms with Crippen molar-refractivity contribution in [3.63, 3.8) is 0 Å². The Balaban J connectivity index is 2.32. The van der Waals surface area contributed by atoms with Gasteiger partial charge in [0, 0.05) is 17.5 Å². The second-order valence-corrected chi connectivity index (χ2v) is 5.12. The van der Waals surface area contributed by atoms with Crippen LogP contribution in [0.5, 0.6) is 0 Å². The van der Waals surface area contributed by atoms with Gasteiger partial charge in [0.2, 0.25) is 0 Å². The van der Waals surface area contributed by atoms with Gasteiger partial charge in [-0.2, -0.15) is 4.65 Å². The standard InChI is InChI=1S/C14H22NO/c1-3-4-9-15(16)11-12(2)10-13-7-5-6-8-14(13)15/h5-8,12,16H,3-4,9-11H2,1-2H3/q+1. The van der Waals surface area contributed by atoms with Gasteiger partial charge in [0.15, 0.2) is 5.69 Å². The molecule has 1 heterocycles. The maximum absolute atomic E-state index is 10.8. The third kappa shape index (κ3) is 2.13. The van der Waals surface area contributed by atoms with Gasteiger partial charge >= 0.3 is 0 Å². The van der Waals surface area contributed by atoms with Gasteiger partial charge in [0.05, 0.1) is 0 Å². The van der Waals surface area contributed by atoms with E-state index < -0.39 is 0 Å². The van der Waals surface area contributed by atoms with Crippen molar-refractivity contribution >= 4 is 5.69 Å². The summed E-state index contributed by atoms with van der Waals surface area (Å²) in [5, 5.41) is 10.8. The Bertz CT molecular complexity index is 364. The number of nitrogens with zero attached hydrogens (tertiary/aromatic N) is 1. The number of benzene rings is 1. The van der Waals surface area contributed by atoms with Gasteiger partial charge in [-0.1, -0.05) is 38.5 Å². The molecule has 2 rings (SSSR count). The first-order valence-corrected chi connectivity index (χ1v) is 6.34. The highest BCUT2D eigenvalue weighted by Gasteiger charge is 2.37. The van der Waals surface area contributed by atoms with Crippen molar-refractivity contribution < 1.29 is 5.21 Å². The lowest BCUT2D eigenvalue weighted by atomic mass is 9.93. The normalized spacial score (nSPS) is 28.8. The van der Waals surface area contributed by atoms with Crippen LogP contribution in [0, 0.1) is 5.92 Å². The molecule has 1 aromatic carbocycles. The molecular weight excluding hydrogens is 198 g/mol. The Morgan fingerprint density at radius 1 is 1.38 bits per heavy atom. The molecule has 2 atom stereocenters. The van der Waals surface area contributed by atoms with Crippen LogP contribution in [0.2, 0.25) is 0 Å². The molecule has 88 valence electrons. The third-order valence-electron chi connectivity index (χ3n) is 3.50. The summed E-state index contributed by atoms with van der Waals surface area (Å²) in [6.07, 6.45) is 3.32. The number of quaternary nitrogens is 1. The van der Waals surface area contributed by atoms with Crippen LogP contribution < -0.4 is 4.65 Å². The molecule has 0 saturated heterocycles. The molecule has 2 unspecified atom stereocenters. The molecule has 0 radical (unpaired) electrons. The van der Waals surface area contributed by atoms with Crippen molar-refractivity contribution in [3.05, 3.63) is 29.8 Å². The predicted molar refractivity (Wildman–Crippen MR) is 67.5 cm³/mol. The van der Waals surface area contributed by atoms with Crippen LogP contribution in [-0.2, 0) is 6.42 Å². The van der Waals surface area contributed by atoms with E-state index in [4.69, 9.17) is 0 Å². The van der Waals surface area contributed by atoms with Gasteiger partial charge < -0.3 is 0 Å². The van der Waals surface area contributed by atoms with Gasteiger partial charge in [-0.05, 0) is 12.8 Å². The molecule has 1 aliphatic heterocycles. The van der Waals surface area contributed by atoms with E-state index in [1.54, 1.807) is 0 Å². The highest BCUT2D eigenvalue weighted by molar-refractivity contribution is 5.50. The van der Waals surface area contributed by atoms with Crippen LogP contribution in [0.25, 0.3) is 0 Å². The monoisotopic (exact) mass is 220 g/mol. The quantitative estimate of drug-likeness (QED) is 0.774. The molecule has 0 aromatic heterocycles. The maximum Gasteiger partial charge on any atom is 0.168 e. The first-order valence-electron chi connectivity index (χ1n) is 6.34. The summed E-state index contributed by atoms with van der Waals surface area (Å²) in [7, 11) is 0. The molecule has 1 aliphatic rings. The molecular formula is C14H22NO+. The Kier molecular flexibility index (Phi) is 3.31. The number of rotatable bonds is 3. The van der Waals surface area contributed by atoms with Gasteiger partial charge in [0.1, 0.15) is 13.1 Å². The second-order valence-electron chi connectivity index (χ2n) is 5.12. The number of para-hydroxylation sites is 1. The molecule has 0 fully saturated rings. The van der Waals surface area contributed by atoms with Crippen LogP contribution in [0.3, 0.4) is 0 Å². The van der Waals surface area contributed by atoms with Gasteiger partial charge in [-0.25, -0.2) is 5.21 Å². The number of unbranched alkanes of at least 4 members (excludes halogenated alkanes) is 1. The zero-order chi connectivity index (χ0) is 11.6. The van der Waals surface area contributed by atoms with E-state index in [1.807, 2.05) is 6.07 Å². The molecule has 1 aromatic rings. The first kappa shape index (κ1) is 11.6. The Morgan fingerprint density at radius 2 is 2.12 bits per heavy atom. The minimum atomic E-state index is 0.144. The van der Waals surface area contributed by atoms with Crippen molar-refractivity contribution in [2.75, 3.05) is 13.1 Å². The van der Waals surface area contributed by atoms with Gasteiger partial charge in [0.25, 0.3) is 0 Å². The molecule has 0 amide bonds. The summed E-state index contributed by atoms with van der Waals surface area (Å²) in [6, 6.07) is 8.34. The fraction of sp³-hybridized carbons (Fsp3) is 0.571. The lowest BCUT2D eigenvalue weighted by Crippen LogP contribution is -2.52. The molecule has 0 bridgehead atoms. The molecule has 2 heteroatoms. The summed E-state index contributed by atoms with van der Waals surface area (Å²) < 4.78 is 0.144. The molecule has 16 heavy (non-hydrogen) atoms. The van der Waals surface area contributed by atoms with Crippen LogP contribution in [0.1, 0.15) is 32.3 Å². The second kappa shape index (κ2) is 4.56. The van der Waals surface area contributed by atoms with Gasteiger partial charge in [-0.3, -0.25) is 0 Å². The summed E-state index contributed by atoms with van der Waals surface area (Å²) in [4.78, 5) is 0. The van der Waals surface area contributed by atoms with Crippen LogP contribution in [0.15, 0.2) is 24.3 Å². The van der Waals surface area contributed by atoms with Crippen molar-refractivity contribution in [3.8, 4) is 0 Å². The fourth-order valence-corrected chi connectivity index (χ4v) is 2.77. The van der Waals surface area contributed by atoms with Crippen LogP contribution in [0.4, 0.5) is 5.69 Å². The minimum absolute atomic E-state index is 0.144. The average molecular weight is 220 g/mol. The highest BCUT2D eigenvalue weighted by Crippen LogP contribution is 2.34. The van der Waals surface area contributed by atoms with Crippen molar-refractivity contribution in [2.45, 2.75) is 33.1 Å². The van der Waals surface area contributed by atoms with E-state index in [2.05, 4.69) is 32.0 Å². The van der Waals surface area contributed by atoms with E-state index in [-0.39, 0.29) is 4.65 Å². The zero-order valence-corrected chi connectivity index (χ0v) is 10.3. The number of fused-ring (bicyclic) bond motifs is 1. The summed E-state index contributed by atoms with van der Waals surface area (Å²) in [6.45, 7) is 6.10. The fourth-order valence-electron chi connectivity index (χ4n) is 2.77. The van der Waals surface area contributed by atoms with E-state index >= 15 is 0 Å². The Morgan fingerprint density at radius 3 is 2.88 bits per heavy atom. The lowest BCUT2D eigenvalue weighted by Gasteiger charge is -2.37.